The molecule has 12 heteroatoms. The van der Waals surface area contributed by atoms with Gasteiger partial charge >= 0.3 is 6.36 Å². The first kappa shape index (κ1) is 21.3. The molecule has 0 saturated heterocycles. The van der Waals surface area contributed by atoms with E-state index in [0.717, 1.165) is 18.2 Å². The van der Waals surface area contributed by atoms with Gasteiger partial charge in [0.2, 0.25) is 11.4 Å². The Kier molecular flexibility index (Phi) is 5.28. The maximum atomic E-state index is 14.5. The molecule has 1 aliphatic rings. The number of fused-ring (bicyclic) bond motifs is 1. The van der Waals surface area contributed by atoms with Crippen LogP contribution in [0.4, 0.5) is 17.6 Å². The van der Waals surface area contributed by atoms with Crippen LogP contribution in [0.2, 0.25) is 0 Å². The maximum absolute atomic E-state index is 14.5. The molecule has 1 unspecified atom stereocenters. The number of carbonyl (C=O) groups is 1. The summed E-state index contributed by atoms with van der Waals surface area (Å²) in [5, 5.41) is 2.76. The van der Waals surface area contributed by atoms with Crippen molar-refractivity contribution >= 4 is 5.91 Å². The third kappa shape index (κ3) is 4.11. The van der Waals surface area contributed by atoms with E-state index in [2.05, 4.69) is 25.0 Å². The predicted molar refractivity (Wildman–Crippen MR) is 101 cm³/mol. The van der Waals surface area contributed by atoms with E-state index >= 15 is 0 Å². The molecule has 3 aromatic rings. The first-order chi connectivity index (χ1) is 15.2. The molecule has 0 saturated carbocycles. The predicted octanol–water partition coefficient (Wildman–Crippen LogP) is 2.66. The molecule has 32 heavy (non-hydrogen) atoms. The first-order valence-corrected chi connectivity index (χ1v) is 9.19. The van der Waals surface area contributed by atoms with Crippen LogP contribution in [-0.4, -0.2) is 33.8 Å². The Bertz CT molecular complexity index is 1210. The molecule has 1 atom stereocenters. The van der Waals surface area contributed by atoms with Gasteiger partial charge in [-0.3, -0.25) is 14.6 Å². The maximum Gasteiger partial charge on any atom is 0.573 e. The zero-order valence-electron chi connectivity index (χ0n) is 16.1. The van der Waals surface area contributed by atoms with E-state index in [-0.39, 0.29) is 35.7 Å². The number of aromatic amines is 1. The molecule has 1 aromatic carbocycles. The number of alkyl halides is 3. The number of pyridine rings is 1. The van der Waals surface area contributed by atoms with Crippen LogP contribution in [0.1, 0.15) is 28.0 Å². The fourth-order valence-corrected chi connectivity index (χ4v) is 3.41. The Balaban J connectivity index is 1.81. The van der Waals surface area contributed by atoms with Crippen molar-refractivity contribution in [2.24, 2.45) is 0 Å². The molecule has 3 heterocycles. The van der Waals surface area contributed by atoms with Gasteiger partial charge in [-0.25, -0.2) is 9.37 Å². The molecule has 2 N–H and O–H groups in total. The third-order valence-electron chi connectivity index (χ3n) is 4.81. The molecular formula is C20H14F4N4O4. The quantitative estimate of drug-likeness (QED) is 0.592. The normalized spacial score (nSPS) is 17.8. The van der Waals surface area contributed by atoms with Gasteiger partial charge in [-0.05, 0) is 23.8 Å². The van der Waals surface area contributed by atoms with E-state index in [9.17, 15) is 27.2 Å². The van der Waals surface area contributed by atoms with E-state index in [1.165, 1.54) is 30.7 Å². The lowest BCUT2D eigenvalue weighted by atomic mass is 9.81. The highest BCUT2D eigenvalue weighted by molar-refractivity contribution is 5.94. The molecule has 2 aromatic heterocycles. The highest BCUT2D eigenvalue weighted by Crippen LogP contribution is 2.41. The van der Waals surface area contributed by atoms with Crippen LogP contribution >= 0.6 is 0 Å². The standard InChI is InChI=1S/C20H14F4N4O4/c21-13-9-12(2-3-14(13)32-20(22,23)24)19(5-8-31-18-16(19)25-6-7-26-18)28-17(30)11-1-4-15(29)27-10-11/h1-4,6-7,9-10H,5,8H2,(H,27,29)(H,28,30). The highest BCUT2D eigenvalue weighted by Gasteiger charge is 2.44. The topological polar surface area (TPSA) is 106 Å². The summed E-state index contributed by atoms with van der Waals surface area (Å²) in [6.07, 6.45) is -1.10. The Labute approximate surface area is 177 Å². The number of hydrogen-bond donors (Lipinski definition) is 2. The number of H-pyrrole nitrogens is 1. The number of aromatic nitrogens is 3. The van der Waals surface area contributed by atoms with Crippen molar-refractivity contribution in [1.82, 2.24) is 20.3 Å². The smallest absolute Gasteiger partial charge is 0.476 e. The molecule has 0 bridgehead atoms. The number of halogens is 4. The molecule has 0 spiro atoms. The van der Waals surface area contributed by atoms with Crippen molar-refractivity contribution < 1.29 is 31.8 Å². The second kappa shape index (κ2) is 7.94. The van der Waals surface area contributed by atoms with Gasteiger partial charge in [0.15, 0.2) is 11.6 Å². The first-order valence-electron chi connectivity index (χ1n) is 9.19. The Hall–Kier alpha value is -3.96. The van der Waals surface area contributed by atoms with Gasteiger partial charge in [-0.15, -0.1) is 13.2 Å². The van der Waals surface area contributed by atoms with Crippen molar-refractivity contribution in [2.45, 2.75) is 18.3 Å². The fraction of sp³-hybridized carbons (Fsp3) is 0.200. The molecule has 8 nitrogen and oxygen atoms in total. The monoisotopic (exact) mass is 450 g/mol. The minimum Gasteiger partial charge on any atom is -0.476 e. The number of carbonyl (C=O) groups excluding carboxylic acids is 1. The molecule has 0 radical (unpaired) electrons. The average molecular weight is 450 g/mol. The zero-order chi connectivity index (χ0) is 22.9. The minimum atomic E-state index is -5.07. The minimum absolute atomic E-state index is 0.0556. The summed E-state index contributed by atoms with van der Waals surface area (Å²) in [5.41, 5.74) is -1.55. The molecule has 0 aliphatic carbocycles. The number of ether oxygens (including phenoxy) is 2. The van der Waals surface area contributed by atoms with Crippen LogP contribution in [0.5, 0.6) is 11.6 Å². The van der Waals surface area contributed by atoms with E-state index in [0.29, 0.717) is 0 Å². The van der Waals surface area contributed by atoms with Crippen LogP contribution in [0, 0.1) is 5.82 Å². The number of hydrogen-bond acceptors (Lipinski definition) is 6. The zero-order valence-corrected chi connectivity index (χ0v) is 16.1. The summed E-state index contributed by atoms with van der Waals surface area (Å²) < 4.78 is 61.3. The number of nitrogens with zero attached hydrogens (tertiary/aromatic N) is 2. The van der Waals surface area contributed by atoms with Gasteiger partial charge in [0, 0.05) is 31.1 Å². The van der Waals surface area contributed by atoms with Crippen LogP contribution < -0.4 is 20.3 Å². The lowest BCUT2D eigenvalue weighted by molar-refractivity contribution is -0.275. The SMILES string of the molecule is O=C(NC1(c2ccc(OC(F)(F)F)c(F)c2)CCOc2nccnc21)c1ccc(=O)[nH]c1. The van der Waals surface area contributed by atoms with Gasteiger partial charge < -0.3 is 19.8 Å². The lowest BCUT2D eigenvalue weighted by Gasteiger charge is -2.38. The lowest BCUT2D eigenvalue weighted by Crippen LogP contribution is -2.50. The van der Waals surface area contributed by atoms with Crippen LogP contribution in [0.15, 0.2) is 53.7 Å². The second-order valence-electron chi connectivity index (χ2n) is 6.80. The van der Waals surface area contributed by atoms with Crippen LogP contribution in [-0.2, 0) is 5.54 Å². The molecule has 166 valence electrons. The Morgan fingerprint density at radius 1 is 1.19 bits per heavy atom. The Morgan fingerprint density at radius 2 is 1.97 bits per heavy atom. The van der Waals surface area contributed by atoms with E-state index < -0.39 is 34.9 Å². The van der Waals surface area contributed by atoms with Crippen LogP contribution in [0.25, 0.3) is 0 Å². The van der Waals surface area contributed by atoms with Crippen molar-refractivity contribution in [1.29, 1.82) is 0 Å². The third-order valence-corrected chi connectivity index (χ3v) is 4.81. The van der Waals surface area contributed by atoms with Crippen molar-refractivity contribution in [3.8, 4) is 11.6 Å². The number of nitrogens with one attached hydrogen (secondary N) is 2. The van der Waals surface area contributed by atoms with Gasteiger partial charge in [0.25, 0.3) is 5.91 Å². The van der Waals surface area contributed by atoms with E-state index in [1.54, 1.807) is 0 Å². The summed E-state index contributed by atoms with van der Waals surface area (Å²) in [5.74, 6) is -2.86. The molecule has 0 fully saturated rings. The fourth-order valence-electron chi connectivity index (χ4n) is 3.41. The summed E-state index contributed by atoms with van der Waals surface area (Å²) >= 11 is 0. The van der Waals surface area contributed by atoms with Gasteiger partial charge in [0.05, 0.1) is 12.2 Å². The van der Waals surface area contributed by atoms with Crippen molar-refractivity contribution in [2.75, 3.05) is 6.61 Å². The number of amides is 1. The van der Waals surface area contributed by atoms with Gasteiger partial charge in [-0.1, -0.05) is 6.07 Å². The van der Waals surface area contributed by atoms with Crippen molar-refractivity contribution in [3.05, 3.63) is 81.9 Å². The van der Waals surface area contributed by atoms with Gasteiger partial charge in [-0.2, -0.15) is 0 Å². The highest BCUT2D eigenvalue weighted by atomic mass is 19.4. The number of benzene rings is 1. The number of rotatable bonds is 4. The average Bonchev–Trinajstić information content (AvgIpc) is 2.75. The molecule has 1 aliphatic heterocycles. The summed E-state index contributed by atoms with van der Waals surface area (Å²) in [6.45, 7) is 0.0556. The molecular weight excluding hydrogens is 436 g/mol. The summed E-state index contributed by atoms with van der Waals surface area (Å²) in [4.78, 5) is 34.9. The van der Waals surface area contributed by atoms with E-state index in [4.69, 9.17) is 4.74 Å². The molecule has 1 amide bonds. The summed E-state index contributed by atoms with van der Waals surface area (Å²) in [7, 11) is 0. The second-order valence-corrected chi connectivity index (χ2v) is 6.80. The summed E-state index contributed by atoms with van der Waals surface area (Å²) in [6, 6.07) is 5.29. The largest absolute Gasteiger partial charge is 0.573 e. The Morgan fingerprint density at radius 3 is 2.66 bits per heavy atom. The van der Waals surface area contributed by atoms with Crippen LogP contribution in [0.3, 0.4) is 0 Å². The van der Waals surface area contributed by atoms with Crippen molar-refractivity contribution in [3.63, 3.8) is 0 Å². The van der Waals surface area contributed by atoms with Gasteiger partial charge in [0.1, 0.15) is 11.2 Å². The van der Waals surface area contributed by atoms with E-state index in [1.807, 2.05) is 0 Å². The molecule has 4 rings (SSSR count).